The summed E-state index contributed by atoms with van der Waals surface area (Å²) in [5.74, 6) is 2.51. The molecular formula is C15H29NO. The number of rotatable bonds is 2. The lowest BCUT2D eigenvalue weighted by Crippen LogP contribution is -2.47. The van der Waals surface area contributed by atoms with Gasteiger partial charge in [0, 0.05) is 20.0 Å². The highest BCUT2D eigenvalue weighted by Gasteiger charge is 2.45. The Morgan fingerprint density at radius 1 is 1.24 bits per heavy atom. The van der Waals surface area contributed by atoms with Crippen LogP contribution < -0.4 is 0 Å². The molecule has 0 aromatic carbocycles. The molecule has 0 aromatic rings. The largest absolute Gasteiger partial charge is 0.349 e. The van der Waals surface area contributed by atoms with E-state index in [9.17, 15) is 4.79 Å². The van der Waals surface area contributed by atoms with Crippen molar-refractivity contribution in [3.05, 3.63) is 0 Å². The molecule has 1 saturated carbocycles. The Labute approximate surface area is 107 Å². The van der Waals surface area contributed by atoms with E-state index in [0.717, 1.165) is 6.42 Å². The Morgan fingerprint density at radius 2 is 1.76 bits per heavy atom. The number of carbonyl (C=O) groups excluding carboxylic acids is 1. The van der Waals surface area contributed by atoms with E-state index >= 15 is 0 Å². The minimum absolute atomic E-state index is 0.132. The van der Waals surface area contributed by atoms with Crippen molar-refractivity contribution in [3.8, 4) is 0 Å². The molecule has 0 aromatic heterocycles. The molecule has 0 saturated heterocycles. The molecule has 0 N–H and O–H groups in total. The highest BCUT2D eigenvalue weighted by Crippen LogP contribution is 2.49. The number of amides is 1. The molecule has 0 radical (unpaired) electrons. The van der Waals surface area contributed by atoms with Gasteiger partial charge in [-0.05, 0) is 36.0 Å². The number of hydrogen-bond donors (Lipinski definition) is 0. The van der Waals surface area contributed by atoms with Gasteiger partial charge in [0.15, 0.2) is 0 Å². The zero-order chi connectivity index (χ0) is 13.4. The van der Waals surface area contributed by atoms with Crippen molar-refractivity contribution < 1.29 is 4.79 Å². The standard InChI is InChI=1S/C15H29NO/c1-10(2)12-8-11(3)15(4,5)13(9-12)14(17)16(6)7/h10-13H,8-9H2,1-7H3/t11?,12-,13?/m1/s1. The SMILES string of the molecule is CC(C)[C@@H]1CC(C)C(C)(C)C(C(=O)N(C)C)C1. The Morgan fingerprint density at radius 3 is 2.18 bits per heavy atom. The third-order valence-corrected chi connectivity index (χ3v) is 5.04. The van der Waals surface area contributed by atoms with Crippen LogP contribution in [0, 0.1) is 29.1 Å². The van der Waals surface area contributed by atoms with Crippen LogP contribution >= 0.6 is 0 Å². The maximum absolute atomic E-state index is 12.4. The van der Waals surface area contributed by atoms with Crippen LogP contribution in [-0.4, -0.2) is 24.9 Å². The second-order valence-corrected chi connectivity index (χ2v) is 6.98. The fourth-order valence-electron chi connectivity index (χ4n) is 3.08. The van der Waals surface area contributed by atoms with Crippen LogP contribution in [0.5, 0.6) is 0 Å². The van der Waals surface area contributed by atoms with Gasteiger partial charge in [-0.15, -0.1) is 0 Å². The van der Waals surface area contributed by atoms with Crippen LogP contribution in [0.1, 0.15) is 47.5 Å². The summed E-state index contributed by atoms with van der Waals surface area (Å²) in [5, 5.41) is 0. The molecular weight excluding hydrogens is 210 g/mol. The van der Waals surface area contributed by atoms with Gasteiger partial charge in [0.25, 0.3) is 0 Å². The van der Waals surface area contributed by atoms with Crippen LogP contribution in [0.2, 0.25) is 0 Å². The van der Waals surface area contributed by atoms with Crippen LogP contribution in [0.4, 0.5) is 0 Å². The summed E-state index contributed by atoms with van der Waals surface area (Å²) < 4.78 is 0. The molecule has 2 unspecified atom stereocenters. The van der Waals surface area contributed by atoms with Crippen LogP contribution in [0.15, 0.2) is 0 Å². The van der Waals surface area contributed by atoms with Crippen molar-refractivity contribution in [1.82, 2.24) is 4.90 Å². The van der Waals surface area contributed by atoms with Crippen LogP contribution in [0.25, 0.3) is 0 Å². The van der Waals surface area contributed by atoms with E-state index in [0.29, 0.717) is 23.7 Å². The van der Waals surface area contributed by atoms with Crippen molar-refractivity contribution in [1.29, 1.82) is 0 Å². The predicted octanol–water partition coefficient (Wildman–Crippen LogP) is 3.42. The molecule has 0 heterocycles. The molecule has 2 heteroatoms. The number of carbonyl (C=O) groups is 1. The lowest BCUT2D eigenvalue weighted by molar-refractivity contribution is -0.142. The summed E-state index contributed by atoms with van der Waals surface area (Å²) >= 11 is 0. The van der Waals surface area contributed by atoms with E-state index in [1.54, 1.807) is 4.90 Å². The van der Waals surface area contributed by atoms with Crippen LogP contribution in [-0.2, 0) is 4.79 Å². The third-order valence-electron chi connectivity index (χ3n) is 5.04. The average Bonchev–Trinajstić information content (AvgIpc) is 2.20. The molecule has 1 rings (SSSR count). The maximum Gasteiger partial charge on any atom is 0.225 e. The highest BCUT2D eigenvalue weighted by atomic mass is 16.2. The zero-order valence-electron chi connectivity index (χ0n) is 12.6. The van der Waals surface area contributed by atoms with E-state index in [-0.39, 0.29) is 11.3 Å². The molecule has 0 aliphatic heterocycles. The Hall–Kier alpha value is -0.530. The average molecular weight is 239 g/mol. The molecule has 100 valence electrons. The molecule has 0 spiro atoms. The van der Waals surface area contributed by atoms with Crippen molar-refractivity contribution in [2.45, 2.75) is 47.5 Å². The Balaban J connectivity index is 2.94. The Bertz CT molecular complexity index is 281. The normalized spacial score (nSPS) is 32.6. The maximum atomic E-state index is 12.4. The minimum Gasteiger partial charge on any atom is -0.349 e. The van der Waals surface area contributed by atoms with Gasteiger partial charge in [-0.1, -0.05) is 34.6 Å². The van der Waals surface area contributed by atoms with Crippen molar-refractivity contribution >= 4 is 5.91 Å². The smallest absolute Gasteiger partial charge is 0.225 e. The quantitative estimate of drug-likeness (QED) is 0.723. The van der Waals surface area contributed by atoms with Gasteiger partial charge in [0.1, 0.15) is 0 Å². The van der Waals surface area contributed by atoms with Gasteiger partial charge in [-0.25, -0.2) is 0 Å². The Kier molecular flexibility index (Phi) is 4.27. The first-order valence-electron chi connectivity index (χ1n) is 6.89. The van der Waals surface area contributed by atoms with E-state index in [1.807, 2.05) is 14.1 Å². The molecule has 3 atom stereocenters. The van der Waals surface area contributed by atoms with Crippen molar-refractivity contribution in [2.24, 2.45) is 29.1 Å². The first kappa shape index (κ1) is 14.5. The molecule has 17 heavy (non-hydrogen) atoms. The fraction of sp³-hybridized carbons (Fsp3) is 0.933. The van der Waals surface area contributed by atoms with E-state index in [2.05, 4.69) is 34.6 Å². The van der Waals surface area contributed by atoms with Gasteiger partial charge in [-0.3, -0.25) is 4.79 Å². The highest BCUT2D eigenvalue weighted by molar-refractivity contribution is 5.79. The van der Waals surface area contributed by atoms with Gasteiger partial charge < -0.3 is 4.90 Å². The first-order valence-corrected chi connectivity index (χ1v) is 6.89. The topological polar surface area (TPSA) is 20.3 Å². The summed E-state index contributed by atoms with van der Waals surface area (Å²) in [6.07, 6.45) is 2.33. The van der Waals surface area contributed by atoms with Gasteiger partial charge in [-0.2, -0.15) is 0 Å². The first-order chi connectivity index (χ1) is 7.67. The molecule has 1 fully saturated rings. The van der Waals surface area contributed by atoms with Gasteiger partial charge in [0.2, 0.25) is 5.91 Å². The lowest BCUT2D eigenvalue weighted by atomic mass is 9.58. The summed E-state index contributed by atoms with van der Waals surface area (Å²) in [7, 11) is 3.75. The molecule has 1 aliphatic carbocycles. The predicted molar refractivity (Wildman–Crippen MR) is 72.7 cm³/mol. The number of nitrogens with zero attached hydrogens (tertiary/aromatic N) is 1. The molecule has 0 bridgehead atoms. The number of hydrogen-bond acceptors (Lipinski definition) is 1. The van der Waals surface area contributed by atoms with E-state index < -0.39 is 0 Å². The zero-order valence-corrected chi connectivity index (χ0v) is 12.6. The lowest BCUT2D eigenvalue weighted by Gasteiger charge is -2.47. The summed E-state index contributed by atoms with van der Waals surface area (Å²) in [5.41, 5.74) is 0.132. The summed E-state index contributed by atoms with van der Waals surface area (Å²) in [6, 6.07) is 0. The van der Waals surface area contributed by atoms with E-state index in [1.165, 1.54) is 6.42 Å². The third kappa shape index (κ3) is 2.83. The summed E-state index contributed by atoms with van der Waals surface area (Å²) in [6.45, 7) is 11.4. The second kappa shape index (κ2) is 4.99. The molecule has 1 amide bonds. The fourth-order valence-corrected chi connectivity index (χ4v) is 3.08. The second-order valence-electron chi connectivity index (χ2n) is 6.98. The summed E-state index contributed by atoms with van der Waals surface area (Å²) in [4.78, 5) is 14.1. The molecule has 1 aliphatic rings. The van der Waals surface area contributed by atoms with Crippen molar-refractivity contribution in [2.75, 3.05) is 14.1 Å². The monoisotopic (exact) mass is 239 g/mol. The van der Waals surface area contributed by atoms with E-state index in [4.69, 9.17) is 0 Å². The van der Waals surface area contributed by atoms with Crippen LogP contribution in [0.3, 0.4) is 0 Å². The van der Waals surface area contributed by atoms with Gasteiger partial charge in [0.05, 0.1) is 0 Å². The van der Waals surface area contributed by atoms with Gasteiger partial charge >= 0.3 is 0 Å². The van der Waals surface area contributed by atoms with Crippen molar-refractivity contribution in [3.63, 3.8) is 0 Å². The molecule has 2 nitrogen and oxygen atoms in total. The minimum atomic E-state index is 0.132.